The van der Waals surface area contributed by atoms with Crippen LogP contribution in [0, 0.1) is 0 Å². The number of hydrogen-bond donors (Lipinski definition) is 11. The fraction of sp³-hybridized carbons (Fsp3) is 0.833. The molecule has 0 spiro atoms. The third kappa shape index (κ3) is 12.1. The third-order valence-corrected chi connectivity index (χ3v) is 10.3. The Bertz CT molecular complexity index is 1410. The number of hydrogen-bond acceptors (Lipinski definition) is 22. The molecule has 4 aliphatic heterocycles. The van der Waals surface area contributed by atoms with Crippen molar-refractivity contribution < 1.29 is 128 Å². The van der Waals surface area contributed by atoms with Gasteiger partial charge in [-0.3, -0.25) is 4.79 Å². The van der Waals surface area contributed by atoms with Gasteiger partial charge < -0.3 is 109 Å². The van der Waals surface area contributed by atoms with Crippen LogP contribution in [0.3, 0.4) is 0 Å². The number of carboxylic acid groups (broad SMARTS) is 1. The van der Waals surface area contributed by atoms with Crippen LogP contribution in [0.15, 0.2) is 24.6 Å². The summed E-state index contributed by atoms with van der Waals surface area (Å²) in [5.74, 6) is -2.65. The van der Waals surface area contributed by atoms with Gasteiger partial charge in [0.15, 0.2) is 31.3 Å². The van der Waals surface area contributed by atoms with Gasteiger partial charge in [-0.25, -0.2) is 0 Å². The summed E-state index contributed by atoms with van der Waals surface area (Å²) in [6.45, 7) is 11.2. The maximum atomic E-state index is 13.1. The SMILES string of the molecule is C=C(C)N[C@@H]1C(OC)OC(CO)[C@@H](O)C1OC1OC(C(=O)[O-])[C@@H](OC2OC(CO)[C@@H](O)C(OC3OC(C(=O)NCCCC)[C@@H](OC)C(O)[C@@H]3O)[C@@H]2NC(=C)C)C(O)[C@@H]1O.[Na+]. The Morgan fingerprint density at radius 3 is 1.52 bits per heavy atom. The molecule has 0 aromatic rings. The quantitative estimate of drug-likeness (QED) is 0.0424. The average Bonchev–Trinajstić information content (AvgIpc) is 3.19. The van der Waals surface area contributed by atoms with Crippen LogP contribution >= 0.6 is 0 Å². The second-order valence-electron chi connectivity index (χ2n) is 14.8. The van der Waals surface area contributed by atoms with Gasteiger partial charge in [-0.2, -0.15) is 0 Å². The number of carboxylic acids is 1. The number of aliphatic carboxylic acids is 1. The summed E-state index contributed by atoms with van der Waals surface area (Å²) >= 11 is 0. The predicted molar refractivity (Wildman–Crippen MR) is 194 cm³/mol. The average molecular weight is 878 g/mol. The first-order chi connectivity index (χ1) is 27.9. The Morgan fingerprint density at radius 2 is 1.08 bits per heavy atom. The molecule has 12 unspecified atom stereocenters. The summed E-state index contributed by atoms with van der Waals surface area (Å²) in [7, 11) is 2.48. The van der Waals surface area contributed by atoms with E-state index in [1.54, 1.807) is 6.92 Å². The van der Waals surface area contributed by atoms with Gasteiger partial charge in [-0.05, 0) is 20.3 Å². The third-order valence-electron chi connectivity index (χ3n) is 10.3. The number of nitrogens with one attached hydrogen (secondary N) is 3. The number of rotatable bonds is 19. The zero-order valence-electron chi connectivity index (χ0n) is 34.5. The van der Waals surface area contributed by atoms with Crippen molar-refractivity contribution in [3.8, 4) is 0 Å². The molecule has 1 amide bonds. The van der Waals surface area contributed by atoms with Crippen LogP contribution in [0.25, 0.3) is 0 Å². The molecule has 0 bridgehead atoms. The maximum absolute atomic E-state index is 13.1. The number of carbonyl (C=O) groups excluding carboxylic acids is 2. The minimum atomic E-state index is -2.24. The Balaban J connectivity index is 0.00000961. The fourth-order valence-corrected chi connectivity index (χ4v) is 7.32. The molecule has 4 fully saturated rings. The first kappa shape index (κ1) is 52.7. The van der Waals surface area contributed by atoms with Gasteiger partial charge in [-0.15, -0.1) is 0 Å². The van der Waals surface area contributed by atoms with E-state index < -0.39 is 148 Å². The van der Waals surface area contributed by atoms with Crippen LogP contribution in [0.1, 0.15) is 33.6 Å². The molecule has 11 N–H and O–H groups in total. The van der Waals surface area contributed by atoms with E-state index in [1.165, 1.54) is 21.1 Å². The van der Waals surface area contributed by atoms with Crippen LogP contribution in [0.2, 0.25) is 0 Å². The molecule has 24 heteroatoms. The Labute approximate surface area is 369 Å². The second-order valence-corrected chi connectivity index (χ2v) is 14.8. The summed E-state index contributed by atoms with van der Waals surface area (Å²) in [5.41, 5.74) is 0.559. The monoisotopic (exact) mass is 877 g/mol. The zero-order chi connectivity index (χ0) is 43.9. The number of allylic oxidation sites excluding steroid dienone is 2. The minimum absolute atomic E-state index is 0. The molecule has 4 aliphatic rings. The molecule has 0 aromatic carbocycles. The first-order valence-electron chi connectivity index (χ1n) is 19.2. The molecule has 0 saturated carbocycles. The molecule has 4 rings (SSSR count). The van der Waals surface area contributed by atoms with E-state index in [1.807, 2.05) is 6.92 Å². The second kappa shape index (κ2) is 23.9. The van der Waals surface area contributed by atoms with Crippen molar-refractivity contribution in [1.29, 1.82) is 0 Å². The Hall–Kier alpha value is -1.66. The smallest absolute Gasteiger partial charge is 0.547 e. The number of amides is 1. The van der Waals surface area contributed by atoms with E-state index in [2.05, 4.69) is 29.1 Å². The molecule has 4 saturated heterocycles. The largest absolute Gasteiger partial charge is 1.00 e. The van der Waals surface area contributed by atoms with Gasteiger partial charge in [0.25, 0.3) is 5.91 Å². The van der Waals surface area contributed by atoms with Crippen molar-refractivity contribution in [2.45, 2.75) is 156 Å². The van der Waals surface area contributed by atoms with Gasteiger partial charge in [0.05, 0.1) is 19.2 Å². The normalized spacial score (nSPS) is 42.0. The van der Waals surface area contributed by atoms with Crippen LogP contribution in [0.4, 0.5) is 0 Å². The van der Waals surface area contributed by atoms with Gasteiger partial charge in [0.1, 0.15) is 91.4 Å². The number of carbonyl (C=O) groups is 2. The topological polar surface area (TPSA) is 338 Å². The summed E-state index contributed by atoms with van der Waals surface area (Å²) in [4.78, 5) is 25.7. The molecule has 0 aliphatic carbocycles. The number of unbranched alkanes of at least 4 members (excludes halogenated alkanes) is 1. The minimum Gasteiger partial charge on any atom is -0.547 e. The molecule has 340 valence electrons. The van der Waals surface area contributed by atoms with Crippen molar-refractivity contribution in [2.75, 3.05) is 34.0 Å². The summed E-state index contributed by atoms with van der Waals surface area (Å²) in [6, 6.07) is -2.52. The molecule has 23 nitrogen and oxygen atoms in total. The van der Waals surface area contributed by atoms with E-state index in [0.29, 0.717) is 12.1 Å². The standard InChI is InChI=1S/C36H61N3O20.Na/c1-8-9-10-37-31(48)29-27(51-6)21(44)23(46)35(58-29)56-26-18(39-14(4)5)34(54-16(12-41)20(26)43)57-28-22(45)24(47)36(59-30(28)32(49)50)55-25-17(38-13(2)3)33(52-7)53-15(11-40)19(25)42;/h15-30,33-36,38-47H,2,4,8-12H2,1,3,5-7H3,(H,37,48)(H,49,50);/q;+1/p-1/t15?,16?,17-,18-,19+,20+,21?,22?,23-,24-,25?,26?,27-,28-,29?,30?,33?,34?,35?,36?;/m0./s1. The van der Waals surface area contributed by atoms with Gasteiger partial charge in [0, 0.05) is 32.2 Å². The van der Waals surface area contributed by atoms with Crippen LogP contribution in [-0.4, -0.2) is 209 Å². The molecular formula is C36H60N3NaO20. The van der Waals surface area contributed by atoms with E-state index >= 15 is 0 Å². The van der Waals surface area contributed by atoms with Crippen LogP contribution in [0.5, 0.6) is 0 Å². The molecule has 4 heterocycles. The zero-order valence-corrected chi connectivity index (χ0v) is 36.5. The van der Waals surface area contributed by atoms with E-state index in [0.717, 1.165) is 6.42 Å². The van der Waals surface area contributed by atoms with Crippen LogP contribution in [-0.2, 0) is 52.2 Å². The summed E-state index contributed by atoms with van der Waals surface area (Å²) < 4.78 is 51.4. The Kier molecular flexibility index (Phi) is 21.0. The molecule has 0 aromatic heterocycles. The van der Waals surface area contributed by atoms with Crippen molar-refractivity contribution >= 4 is 11.9 Å². The first-order valence-corrected chi connectivity index (χ1v) is 19.2. The maximum Gasteiger partial charge on any atom is 1.00 e. The van der Waals surface area contributed by atoms with E-state index in [9.17, 15) is 55.5 Å². The van der Waals surface area contributed by atoms with Gasteiger partial charge in [-0.1, -0.05) is 26.5 Å². The van der Waals surface area contributed by atoms with Crippen molar-refractivity contribution in [3.63, 3.8) is 0 Å². The molecule has 20 atom stereocenters. The molecule has 60 heavy (non-hydrogen) atoms. The van der Waals surface area contributed by atoms with Gasteiger partial charge >= 0.3 is 29.6 Å². The molecular weight excluding hydrogens is 817 g/mol. The summed E-state index contributed by atoms with van der Waals surface area (Å²) in [6.07, 6.45) is -29.7. The summed E-state index contributed by atoms with van der Waals surface area (Å²) in [5, 5.41) is 108. The van der Waals surface area contributed by atoms with E-state index in [-0.39, 0.29) is 41.8 Å². The van der Waals surface area contributed by atoms with Crippen molar-refractivity contribution in [1.82, 2.24) is 16.0 Å². The van der Waals surface area contributed by atoms with Crippen LogP contribution < -0.4 is 50.6 Å². The van der Waals surface area contributed by atoms with Gasteiger partial charge in [0.2, 0.25) is 0 Å². The van der Waals surface area contributed by atoms with Crippen molar-refractivity contribution in [3.05, 3.63) is 24.6 Å². The number of ether oxygens (including phenoxy) is 9. The Morgan fingerprint density at radius 1 is 0.633 bits per heavy atom. The number of methoxy groups -OCH3 is 2. The molecule has 0 radical (unpaired) electrons. The predicted octanol–water partition coefficient (Wildman–Crippen LogP) is -9.49. The van der Waals surface area contributed by atoms with E-state index in [4.69, 9.17) is 42.6 Å². The number of aliphatic hydroxyl groups excluding tert-OH is 8. The van der Waals surface area contributed by atoms with Crippen molar-refractivity contribution in [2.24, 2.45) is 0 Å². The fourth-order valence-electron chi connectivity index (χ4n) is 7.32. The number of aliphatic hydroxyl groups is 8.